The zero-order chi connectivity index (χ0) is 18.1. The Kier molecular flexibility index (Phi) is 4.67. The standard InChI is InChI=1S/C19H22F2N2O3/c1-13-10-17(15-11-14(26-18(20)21)2-3-16(15)22-13)23-6-9-25-19(12-23)4-7-24-8-5-19/h2-3,10-11,18H,4-9,12H2,1H3. The molecule has 1 aromatic carbocycles. The molecule has 0 amide bonds. The van der Waals surface area contributed by atoms with Crippen LogP contribution in [0.1, 0.15) is 18.5 Å². The number of ether oxygens (including phenoxy) is 3. The predicted molar refractivity (Wildman–Crippen MR) is 94.1 cm³/mol. The number of aromatic nitrogens is 1. The summed E-state index contributed by atoms with van der Waals surface area (Å²) in [6.07, 6.45) is 1.73. The molecule has 0 radical (unpaired) electrons. The maximum Gasteiger partial charge on any atom is 0.387 e. The second kappa shape index (κ2) is 6.96. The number of morpholine rings is 1. The van der Waals surface area contributed by atoms with Gasteiger partial charge in [0, 0.05) is 55.9 Å². The van der Waals surface area contributed by atoms with Gasteiger partial charge in [-0.25, -0.2) is 0 Å². The van der Waals surface area contributed by atoms with Crippen molar-refractivity contribution in [1.29, 1.82) is 0 Å². The number of rotatable bonds is 3. The summed E-state index contributed by atoms with van der Waals surface area (Å²) in [5, 5.41) is 0.817. The first-order valence-corrected chi connectivity index (χ1v) is 8.88. The summed E-state index contributed by atoms with van der Waals surface area (Å²) in [7, 11) is 0. The minimum absolute atomic E-state index is 0.147. The molecule has 4 rings (SSSR count). The Bertz CT molecular complexity index is 788. The minimum atomic E-state index is -2.84. The van der Waals surface area contributed by atoms with Crippen LogP contribution in [0.15, 0.2) is 24.3 Å². The molecule has 0 N–H and O–H groups in total. The van der Waals surface area contributed by atoms with Crippen molar-refractivity contribution in [2.45, 2.75) is 32.0 Å². The lowest BCUT2D eigenvalue weighted by atomic mass is 9.91. The van der Waals surface area contributed by atoms with Crippen molar-refractivity contribution in [2.75, 3.05) is 37.8 Å². The second-order valence-electron chi connectivity index (χ2n) is 6.91. The second-order valence-corrected chi connectivity index (χ2v) is 6.91. The summed E-state index contributed by atoms with van der Waals surface area (Å²) >= 11 is 0. The van der Waals surface area contributed by atoms with Crippen LogP contribution >= 0.6 is 0 Å². The first-order chi connectivity index (χ1) is 12.5. The number of hydrogen-bond acceptors (Lipinski definition) is 5. The molecular weight excluding hydrogens is 342 g/mol. The number of aryl methyl sites for hydroxylation is 1. The van der Waals surface area contributed by atoms with E-state index in [1.165, 1.54) is 6.07 Å². The average molecular weight is 364 g/mol. The van der Waals surface area contributed by atoms with Crippen LogP contribution in [0, 0.1) is 6.92 Å². The van der Waals surface area contributed by atoms with Gasteiger partial charge in [-0.15, -0.1) is 0 Å². The quantitative estimate of drug-likeness (QED) is 0.834. The topological polar surface area (TPSA) is 43.8 Å². The van der Waals surface area contributed by atoms with Crippen molar-refractivity contribution in [2.24, 2.45) is 0 Å². The minimum Gasteiger partial charge on any atom is -0.435 e. The number of benzene rings is 1. The summed E-state index contributed by atoms with van der Waals surface area (Å²) in [6.45, 7) is 2.65. The van der Waals surface area contributed by atoms with Crippen molar-refractivity contribution in [1.82, 2.24) is 4.98 Å². The van der Waals surface area contributed by atoms with Gasteiger partial charge < -0.3 is 19.1 Å². The molecule has 0 saturated carbocycles. The Morgan fingerprint density at radius 1 is 1.19 bits per heavy atom. The van der Waals surface area contributed by atoms with E-state index in [0.29, 0.717) is 19.8 Å². The number of fused-ring (bicyclic) bond motifs is 1. The van der Waals surface area contributed by atoms with Gasteiger partial charge in [0.2, 0.25) is 0 Å². The van der Waals surface area contributed by atoms with Crippen molar-refractivity contribution >= 4 is 16.6 Å². The highest BCUT2D eigenvalue weighted by Crippen LogP contribution is 2.35. The van der Waals surface area contributed by atoms with Gasteiger partial charge in [0.15, 0.2) is 0 Å². The summed E-state index contributed by atoms with van der Waals surface area (Å²) in [4.78, 5) is 6.81. The van der Waals surface area contributed by atoms with E-state index >= 15 is 0 Å². The highest BCUT2D eigenvalue weighted by molar-refractivity contribution is 5.93. The van der Waals surface area contributed by atoms with Crippen LogP contribution in [0.5, 0.6) is 5.75 Å². The SMILES string of the molecule is Cc1cc(N2CCOC3(CCOCC3)C2)c2cc(OC(F)F)ccc2n1. The molecule has 0 bridgehead atoms. The molecular formula is C19H22F2N2O3. The van der Waals surface area contributed by atoms with E-state index in [1.807, 2.05) is 13.0 Å². The van der Waals surface area contributed by atoms with Crippen molar-refractivity contribution in [3.63, 3.8) is 0 Å². The first-order valence-electron chi connectivity index (χ1n) is 8.88. The van der Waals surface area contributed by atoms with E-state index in [4.69, 9.17) is 9.47 Å². The molecule has 0 aliphatic carbocycles. The van der Waals surface area contributed by atoms with Gasteiger partial charge in [0.25, 0.3) is 0 Å². The Labute approximate surface area is 150 Å². The number of anilines is 1. The molecule has 2 aromatic rings. The zero-order valence-electron chi connectivity index (χ0n) is 14.7. The van der Waals surface area contributed by atoms with Crippen LogP contribution in [0.25, 0.3) is 10.9 Å². The Morgan fingerprint density at radius 2 is 2.00 bits per heavy atom. The van der Waals surface area contributed by atoms with E-state index in [9.17, 15) is 8.78 Å². The third-order valence-electron chi connectivity index (χ3n) is 5.10. The summed E-state index contributed by atoms with van der Waals surface area (Å²) in [6, 6.07) is 6.92. The molecule has 5 nitrogen and oxygen atoms in total. The van der Waals surface area contributed by atoms with Gasteiger partial charge >= 0.3 is 6.61 Å². The molecule has 7 heteroatoms. The smallest absolute Gasteiger partial charge is 0.387 e. The van der Waals surface area contributed by atoms with Gasteiger partial charge in [-0.3, -0.25) is 4.98 Å². The molecule has 1 aromatic heterocycles. The summed E-state index contributed by atoms with van der Waals surface area (Å²) < 4.78 is 41.4. The molecule has 0 atom stereocenters. The van der Waals surface area contributed by atoms with Crippen molar-refractivity contribution in [3.8, 4) is 5.75 Å². The van der Waals surface area contributed by atoms with E-state index in [2.05, 4.69) is 14.6 Å². The van der Waals surface area contributed by atoms with Crippen molar-refractivity contribution in [3.05, 3.63) is 30.0 Å². The third kappa shape index (κ3) is 3.46. The third-order valence-corrected chi connectivity index (χ3v) is 5.10. The van der Waals surface area contributed by atoms with Crippen LogP contribution in [-0.4, -0.2) is 50.1 Å². The fourth-order valence-corrected chi connectivity index (χ4v) is 3.85. The Hall–Kier alpha value is -1.99. The van der Waals surface area contributed by atoms with Crippen molar-refractivity contribution < 1.29 is 23.0 Å². The van der Waals surface area contributed by atoms with Gasteiger partial charge in [-0.05, 0) is 31.2 Å². The van der Waals surface area contributed by atoms with Crippen LogP contribution < -0.4 is 9.64 Å². The van der Waals surface area contributed by atoms with E-state index in [0.717, 1.165) is 48.2 Å². The molecule has 26 heavy (non-hydrogen) atoms. The van der Waals surface area contributed by atoms with Gasteiger partial charge in [-0.1, -0.05) is 0 Å². The first kappa shape index (κ1) is 17.4. The van der Waals surface area contributed by atoms with Crippen LogP contribution in [-0.2, 0) is 9.47 Å². The molecule has 2 fully saturated rings. The number of alkyl halides is 2. The lowest BCUT2D eigenvalue weighted by Crippen LogP contribution is -2.54. The largest absolute Gasteiger partial charge is 0.435 e. The normalized spacial score (nSPS) is 20.1. The Morgan fingerprint density at radius 3 is 2.77 bits per heavy atom. The molecule has 2 saturated heterocycles. The van der Waals surface area contributed by atoms with E-state index < -0.39 is 6.61 Å². The summed E-state index contributed by atoms with van der Waals surface area (Å²) in [5.74, 6) is 0.147. The van der Waals surface area contributed by atoms with Crippen LogP contribution in [0.3, 0.4) is 0 Å². The molecule has 2 aliphatic heterocycles. The monoisotopic (exact) mass is 364 g/mol. The zero-order valence-corrected chi connectivity index (χ0v) is 14.7. The maximum atomic E-state index is 12.6. The average Bonchev–Trinajstić information content (AvgIpc) is 2.61. The van der Waals surface area contributed by atoms with E-state index in [1.54, 1.807) is 12.1 Å². The fourth-order valence-electron chi connectivity index (χ4n) is 3.85. The molecule has 3 heterocycles. The fraction of sp³-hybridized carbons (Fsp3) is 0.526. The van der Waals surface area contributed by atoms with Gasteiger partial charge in [0.05, 0.1) is 17.7 Å². The van der Waals surface area contributed by atoms with Gasteiger partial charge in [0.1, 0.15) is 5.75 Å². The highest BCUT2D eigenvalue weighted by atomic mass is 19.3. The Balaban J connectivity index is 1.71. The van der Waals surface area contributed by atoms with E-state index in [-0.39, 0.29) is 11.4 Å². The molecule has 1 spiro atoms. The molecule has 0 unspecified atom stereocenters. The number of nitrogens with zero attached hydrogens (tertiary/aromatic N) is 2. The number of hydrogen-bond donors (Lipinski definition) is 0. The highest BCUT2D eigenvalue weighted by Gasteiger charge is 2.38. The number of pyridine rings is 1. The molecule has 2 aliphatic rings. The lowest BCUT2D eigenvalue weighted by molar-refractivity contribution is -0.116. The molecule has 140 valence electrons. The number of halogens is 2. The predicted octanol–water partition coefficient (Wildman–Crippen LogP) is 3.53. The van der Waals surface area contributed by atoms with Crippen LogP contribution in [0.2, 0.25) is 0 Å². The van der Waals surface area contributed by atoms with Crippen LogP contribution in [0.4, 0.5) is 14.5 Å². The summed E-state index contributed by atoms with van der Waals surface area (Å²) in [5.41, 5.74) is 2.45. The maximum absolute atomic E-state index is 12.6. The lowest BCUT2D eigenvalue weighted by Gasteiger charge is -2.45. The van der Waals surface area contributed by atoms with Gasteiger partial charge in [-0.2, -0.15) is 8.78 Å².